The fraction of sp³-hybridized carbons (Fsp3) is 0.286. The van der Waals surface area contributed by atoms with Gasteiger partial charge in [0.05, 0.1) is 7.11 Å². The Kier molecular flexibility index (Phi) is 5.20. The Morgan fingerprint density at radius 3 is 2.65 bits per heavy atom. The number of ether oxygens (including phenoxy) is 1. The molecule has 106 valence electrons. The van der Waals surface area contributed by atoms with Crippen LogP contribution < -0.4 is 10.2 Å². The van der Waals surface area contributed by atoms with Crippen LogP contribution in [0.1, 0.15) is 11.1 Å². The molecule has 0 fully saturated rings. The maximum atomic E-state index is 9.26. The highest BCUT2D eigenvalue weighted by Gasteiger charge is 2.15. The lowest BCUT2D eigenvalue weighted by molar-refractivity contribution is 0.310. The van der Waals surface area contributed by atoms with Crippen LogP contribution >= 0.6 is 11.3 Å². The highest BCUT2D eigenvalue weighted by molar-refractivity contribution is 7.07. The van der Waals surface area contributed by atoms with E-state index in [0.29, 0.717) is 12.0 Å². The first-order valence-electron chi connectivity index (χ1n) is 6.32. The Hall–Kier alpha value is -1.34. The fourth-order valence-electron chi connectivity index (χ4n) is 2.12. The number of benzene rings is 1. The van der Waals surface area contributed by atoms with Crippen LogP contribution in [-0.4, -0.2) is 36.2 Å². The summed E-state index contributed by atoms with van der Waals surface area (Å²) in [5.74, 6) is 0.756. The molecule has 0 aliphatic rings. The van der Waals surface area contributed by atoms with E-state index in [4.69, 9.17) is 4.74 Å². The molecule has 1 heterocycles. The van der Waals surface area contributed by atoms with Crippen molar-refractivity contribution in [2.45, 2.75) is 13.1 Å². The van der Waals surface area contributed by atoms with E-state index in [1.165, 1.54) is 5.56 Å². The third-order valence-corrected chi connectivity index (χ3v) is 3.81. The maximum Gasteiger partial charge on any atom is 0.488 e. The predicted molar refractivity (Wildman–Crippen MR) is 82.3 cm³/mol. The molecule has 0 radical (unpaired) electrons. The third-order valence-electron chi connectivity index (χ3n) is 3.08. The summed E-state index contributed by atoms with van der Waals surface area (Å²) in [4.78, 5) is 2.16. The first kappa shape index (κ1) is 15.1. The van der Waals surface area contributed by atoms with Crippen molar-refractivity contribution in [1.29, 1.82) is 0 Å². The zero-order valence-electron chi connectivity index (χ0n) is 11.6. The Balaban J connectivity index is 2.12. The lowest BCUT2D eigenvalue weighted by atomic mass is 9.79. The molecule has 0 spiro atoms. The van der Waals surface area contributed by atoms with E-state index in [9.17, 15) is 10.0 Å². The maximum absolute atomic E-state index is 9.26. The summed E-state index contributed by atoms with van der Waals surface area (Å²) >= 11 is 1.68. The van der Waals surface area contributed by atoms with E-state index in [-0.39, 0.29) is 0 Å². The van der Waals surface area contributed by atoms with Gasteiger partial charge in [0.25, 0.3) is 0 Å². The van der Waals surface area contributed by atoms with Gasteiger partial charge in [0.15, 0.2) is 0 Å². The second-order valence-corrected chi connectivity index (χ2v) is 5.53. The molecular weight excluding hydrogens is 273 g/mol. The van der Waals surface area contributed by atoms with Gasteiger partial charge in [-0.2, -0.15) is 11.3 Å². The average molecular weight is 291 g/mol. The molecule has 20 heavy (non-hydrogen) atoms. The average Bonchev–Trinajstić information content (AvgIpc) is 2.91. The van der Waals surface area contributed by atoms with Gasteiger partial charge in [-0.1, -0.05) is 12.1 Å². The summed E-state index contributed by atoms with van der Waals surface area (Å²) in [6.45, 7) is 1.53. The molecule has 0 atom stereocenters. The molecule has 4 nitrogen and oxygen atoms in total. The molecular formula is C14H18BNO3S. The Labute approximate surface area is 123 Å². The van der Waals surface area contributed by atoms with Crippen LogP contribution in [0, 0.1) is 0 Å². The normalized spacial score (nSPS) is 10.8. The van der Waals surface area contributed by atoms with Gasteiger partial charge in [0.1, 0.15) is 5.75 Å². The Morgan fingerprint density at radius 2 is 2.05 bits per heavy atom. The zero-order chi connectivity index (χ0) is 14.5. The van der Waals surface area contributed by atoms with Crippen LogP contribution in [-0.2, 0) is 13.1 Å². The lowest BCUT2D eigenvalue weighted by Gasteiger charge is -2.18. The van der Waals surface area contributed by atoms with Gasteiger partial charge in [0, 0.05) is 18.7 Å². The molecule has 1 aromatic carbocycles. The van der Waals surface area contributed by atoms with E-state index in [2.05, 4.69) is 21.7 Å². The minimum absolute atomic E-state index is 0.477. The standard InChI is InChI=1S/C14H18BNO3S/c1-16(8-11-5-6-20-10-11)9-12-7-13(15(17)18)3-4-14(12)19-2/h3-7,10,17-18H,8-9H2,1-2H3. The molecule has 0 amide bonds. The quantitative estimate of drug-likeness (QED) is 0.782. The second kappa shape index (κ2) is 6.90. The van der Waals surface area contributed by atoms with Crippen molar-refractivity contribution in [1.82, 2.24) is 4.90 Å². The van der Waals surface area contributed by atoms with E-state index in [1.54, 1.807) is 36.6 Å². The molecule has 2 aromatic rings. The van der Waals surface area contributed by atoms with Crippen LogP contribution in [0.5, 0.6) is 5.75 Å². The lowest BCUT2D eigenvalue weighted by Crippen LogP contribution is -2.30. The summed E-state index contributed by atoms with van der Waals surface area (Å²) in [5, 5.41) is 22.7. The van der Waals surface area contributed by atoms with Gasteiger partial charge in [-0.05, 0) is 41.0 Å². The van der Waals surface area contributed by atoms with E-state index >= 15 is 0 Å². The van der Waals surface area contributed by atoms with Gasteiger partial charge in [0.2, 0.25) is 0 Å². The van der Waals surface area contributed by atoms with Crippen molar-refractivity contribution >= 4 is 23.9 Å². The minimum Gasteiger partial charge on any atom is -0.496 e. The van der Waals surface area contributed by atoms with Gasteiger partial charge >= 0.3 is 7.12 Å². The van der Waals surface area contributed by atoms with Crippen molar-refractivity contribution in [2.75, 3.05) is 14.2 Å². The number of hydrogen-bond acceptors (Lipinski definition) is 5. The summed E-state index contributed by atoms with van der Waals surface area (Å²) in [5.41, 5.74) is 2.69. The summed E-state index contributed by atoms with van der Waals surface area (Å²) in [6.07, 6.45) is 0. The molecule has 0 unspecified atom stereocenters. The fourth-order valence-corrected chi connectivity index (χ4v) is 2.78. The monoisotopic (exact) mass is 291 g/mol. The van der Waals surface area contributed by atoms with Crippen LogP contribution in [0.2, 0.25) is 0 Å². The molecule has 0 aliphatic heterocycles. The molecule has 6 heteroatoms. The predicted octanol–water partition coefficient (Wildman–Crippen LogP) is 1.07. The van der Waals surface area contributed by atoms with Crippen molar-refractivity contribution in [3.63, 3.8) is 0 Å². The van der Waals surface area contributed by atoms with Gasteiger partial charge in [-0.25, -0.2) is 0 Å². The summed E-state index contributed by atoms with van der Waals surface area (Å²) in [6, 6.07) is 7.30. The molecule has 0 bridgehead atoms. The largest absolute Gasteiger partial charge is 0.496 e. The van der Waals surface area contributed by atoms with Crippen LogP contribution in [0.3, 0.4) is 0 Å². The van der Waals surface area contributed by atoms with Crippen molar-refractivity contribution in [3.05, 3.63) is 46.2 Å². The minimum atomic E-state index is -1.46. The summed E-state index contributed by atoms with van der Waals surface area (Å²) < 4.78 is 5.33. The molecule has 0 saturated heterocycles. The molecule has 1 aromatic heterocycles. The summed E-state index contributed by atoms with van der Waals surface area (Å²) in [7, 11) is 2.19. The topological polar surface area (TPSA) is 52.9 Å². The van der Waals surface area contributed by atoms with Crippen molar-refractivity contribution < 1.29 is 14.8 Å². The molecule has 0 aliphatic carbocycles. The van der Waals surface area contributed by atoms with Crippen LogP contribution in [0.4, 0.5) is 0 Å². The number of hydrogen-bond donors (Lipinski definition) is 2. The van der Waals surface area contributed by atoms with Gasteiger partial charge in [-0.3, -0.25) is 4.90 Å². The number of methoxy groups -OCH3 is 1. The number of nitrogens with zero attached hydrogens (tertiary/aromatic N) is 1. The molecule has 2 rings (SSSR count). The van der Waals surface area contributed by atoms with Crippen LogP contribution in [0.15, 0.2) is 35.0 Å². The van der Waals surface area contributed by atoms with Crippen molar-refractivity contribution in [2.24, 2.45) is 0 Å². The van der Waals surface area contributed by atoms with E-state index in [1.807, 2.05) is 7.05 Å². The van der Waals surface area contributed by atoms with E-state index in [0.717, 1.165) is 17.9 Å². The highest BCUT2D eigenvalue weighted by atomic mass is 32.1. The number of thiophene rings is 1. The first-order valence-corrected chi connectivity index (χ1v) is 7.27. The Bertz CT molecular complexity index is 545. The smallest absolute Gasteiger partial charge is 0.488 e. The van der Waals surface area contributed by atoms with E-state index < -0.39 is 7.12 Å². The third kappa shape index (κ3) is 3.83. The first-order chi connectivity index (χ1) is 9.60. The molecule has 2 N–H and O–H groups in total. The van der Waals surface area contributed by atoms with Crippen molar-refractivity contribution in [3.8, 4) is 5.75 Å². The SMILES string of the molecule is COc1ccc(B(O)O)cc1CN(C)Cc1ccsc1. The zero-order valence-corrected chi connectivity index (χ0v) is 12.4. The second-order valence-electron chi connectivity index (χ2n) is 4.75. The van der Waals surface area contributed by atoms with Crippen LogP contribution in [0.25, 0.3) is 0 Å². The van der Waals surface area contributed by atoms with Gasteiger partial charge in [-0.15, -0.1) is 0 Å². The molecule has 0 saturated carbocycles. The highest BCUT2D eigenvalue weighted by Crippen LogP contribution is 2.19. The number of rotatable bonds is 6. The Morgan fingerprint density at radius 1 is 1.25 bits per heavy atom. The van der Waals surface area contributed by atoms with Gasteiger partial charge < -0.3 is 14.8 Å².